The predicted octanol–water partition coefficient (Wildman–Crippen LogP) is 7.46. The van der Waals surface area contributed by atoms with Gasteiger partial charge < -0.3 is 24.1 Å². The summed E-state index contributed by atoms with van der Waals surface area (Å²) in [5.41, 5.74) is 1.63. The van der Waals surface area contributed by atoms with Gasteiger partial charge in [0.1, 0.15) is 24.7 Å². The molecule has 7 rings (SSSR count). The van der Waals surface area contributed by atoms with E-state index in [4.69, 9.17) is 18.8 Å². The van der Waals surface area contributed by atoms with Crippen molar-refractivity contribution >= 4 is 118 Å². The summed E-state index contributed by atoms with van der Waals surface area (Å²) in [7, 11) is -5.82. The number of carbonyl (C=O) groups is 3. The first-order valence-electron chi connectivity index (χ1n) is 15.6. The number of hydrogen-bond acceptors (Lipinski definition) is 10. The molecule has 53 heavy (non-hydrogen) atoms. The molecule has 0 radical (unpaired) electrons. The van der Waals surface area contributed by atoms with E-state index < -0.39 is 63.6 Å². The van der Waals surface area contributed by atoms with Crippen molar-refractivity contribution in [3.63, 3.8) is 0 Å². The summed E-state index contributed by atoms with van der Waals surface area (Å²) in [6.45, 7) is -2.01. The Kier molecular flexibility index (Phi) is 12.3. The average molecular weight is 1200 g/mol. The second-order valence-corrected chi connectivity index (χ2v) is 18.5. The van der Waals surface area contributed by atoms with Crippen LogP contribution in [0, 0.1) is 38.0 Å². The van der Waals surface area contributed by atoms with Gasteiger partial charge in [0.15, 0.2) is 12.4 Å². The van der Waals surface area contributed by atoms with Crippen LogP contribution in [0.15, 0.2) is 72.8 Å². The molecule has 4 aliphatic carbocycles. The van der Waals surface area contributed by atoms with Crippen molar-refractivity contribution in [3.8, 4) is 17.2 Å². The van der Waals surface area contributed by atoms with E-state index in [2.05, 4.69) is 4.74 Å². The normalized spacial score (nSPS) is 22.8. The van der Waals surface area contributed by atoms with E-state index in [0.717, 1.165) is 11.1 Å². The maximum Gasteiger partial charge on any atom is 0.402 e. The molecule has 6 unspecified atom stereocenters. The first-order chi connectivity index (χ1) is 25.0. The third kappa shape index (κ3) is 8.21. The smallest absolute Gasteiger partial charge is 0.402 e. The molecule has 3 aromatic carbocycles. The van der Waals surface area contributed by atoms with E-state index in [1.54, 1.807) is 57.3 Å². The number of phenols is 1. The van der Waals surface area contributed by atoms with E-state index in [9.17, 15) is 36.7 Å². The van der Waals surface area contributed by atoms with Crippen LogP contribution in [-0.2, 0) is 29.2 Å². The van der Waals surface area contributed by atoms with Gasteiger partial charge >= 0.3 is 33.3 Å². The van der Waals surface area contributed by atoms with Crippen LogP contribution in [0.3, 0.4) is 0 Å². The van der Waals surface area contributed by atoms with Crippen molar-refractivity contribution < 1.29 is 60.2 Å². The molecular formula is C35H26F2I4O11S. The molecule has 3 aromatic rings. The minimum atomic E-state index is -5.82. The lowest BCUT2D eigenvalue weighted by Crippen LogP contribution is -2.54. The monoisotopic (exact) mass is 1200 g/mol. The molecule has 0 aromatic heterocycles. The fraction of sp³-hybridized carbons (Fsp3) is 0.286. The molecule has 280 valence electrons. The van der Waals surface area contributed by atoms with Crippen molar-refractivity contribution in [2.45, 2.75) is 17.1 Å². The van der Waals surface area contributed by atoms with Crippen LogP contribution in [0.4, 0.5) is 8.78 Å². The van der Waals surface area contributed by atoms with Crippen molar-refractivity contribution in [1.82, 2.24) is 0 Å². The molecule has 0 aliphatic heterocycles. The zero-order valence-corrected chi connectivity index (χ0v) is 36.2. The number of ether oxygens (including phenoxy) is 4. The van der Waals surface area contributed by atoms with E-state index in [1.165, 1.54) is 12.1 Å². The van der Waals surface area contributed by atoms with E-state index in [0.29, 0.717) is 12.9 Å². The fourth-order valence-corrected chi connectivity index (χ4v) is 10.3. The van der Waals surface area contributed by atoms with E-state index in [-0.39, 0.29) is 49.3 Å². The predicted molar refractivity (Wildman–Crippen MR) is 218 cm³/mol. The van der Waals surface area contributed by atoms with Gasteiger partial charge in [0.05, 0.1) is 31.7 Å². The van der Waals surface area contributed by atoms with E-state index >= 15 is 0 Å². The summed E-state index contributed by atoms with van der Waals surface area (Å²) in [5, 5.41) is 5.25. The molecule has 4 aliphatic rings. The summed E-state index contributed by atoms with van der Waals surface area (Å²) < 4.78 is 81.7. The van der Waals surface area contributed by atoms with Crippen LogP contribution in [0.5, 0.6) is 17.2 Å². The molecule has 0 spiro atoms. The van der Waals surface area contributed by atoms with E-state index in [1.807, 2.05) is 93.8 Å². The topological polar surface area (TPSA) is 163 Å². The largest absolute Gasteiger partial charge is 0.507 e. The van der Waals surface area contributed by atoms with Crippen LogP contribution in [0.1, 0.15) is 33.3 Å². The minimum Gasteiger partial charge on any atom is -0.507 e. The van der Waals surface area contributed by atoms with Gasteiger partial charge in [-0.2, -0.15) is 17.2 Å². The van der Waals surface area contributed by atoms with Crippen LogP contribution in [0.25, 0.3) is 0 Å². The van der Waals surface area contributed by atoms with Gasteiger partial charge in [0.2, 0.25) is 0 Å². The molecule has 1 saturated carbocycles. The molecule has 11 nitrogen and oxygen atoms in total. The quantitative estimate of drug-likeness (QED) is 0.0645. The van der Waals surface area contributed by atoms with Gasteiger partial charge in [-0.15, -0.1) is 0 Å². The SMILES string of the molecule is O=C(OCC(F)(F)S(=O)(=O)O)c1cc(I)c(OC(=O)C2C(C(=O)OCCOc3cc(I)c(O)cc3I)C3c4ccccc4C2C2C=CC=CC23)c(I)c1. The second-order valence-electron chi connectivity index (χ2n) is 12.3. The Morgan fingerprint density at radius 3 is 1.91 bits per heavy atom. The van der Waals surface area contributed by atoms with Gasteiger partial charge in [-0.1, -0.05) is 48.6 Å². The Morgan fingerprint density at radius 1 is 0.774 bits per heavy atom. The van der Waals surface area contributed by atoms with Gasteiger partial charge in [-0.05, 0) is 138 Å². The number of allylic oxidation sites excluding steroid dienone is 4. The molecule has 0 heterocycles. The Bertz CT molecular complexity index is 2140. The number of alkyl halides is 2. The highest BCUT2D eigenvalue weighted by atomic mass is 127. The highest BCUT2D eigenvalue weighted by molar-refractivity contribution is 14.1. The van der Waals surface area contributed by atoms with Gasteiger partial charge in [-0.25, -0.2) is 4.79 Å². The minimum absolute atomic E-state index is 0.0163. The van der Waals surface area contributed by atoms with Crippen LogP contribution in [0.2, 0.25) is 0 Å². The first-order valence-corrected chi connectivity index (χ1v) is 21.4. The third-order valence-electron chi connectivity index (χ3n) is 9.24. The number of carbonyl (C=O) groups excluding carboxylic acids is 3. The molecule has 2 N–H and O–H groups in total. The lowest BCUT2D eigenvalue weighted by molar-refractivity contribution is -0.164. The Balaban J connectivity index is 1.26. The summed E-state index contributed by atoms with van der Waals surface area (Å²) in [6, 6.07) is 13.4. The van der Waals surface area contributed by atoms with Crippen molar-refractivity contribution in [2.24, 2.45) is 23.7 Å². The Labute approximate surface area is 356 Å². The summed E-state index contributed by atoms with van der Waals surface area (Å²) >= 11 is 7.61. The van der Waals surface area contributed by atoms with Crippen LogP contribution >= 0.6 is 90.4 Å². The molecule has 2 bridgehead atoms. The van der Waals surface area contributed by atoms with Gasteiger partial charge in [0, 0.05) is 11.8 Å². The summed E-state index contributed by atoms with van der Waals surface area (Å²) in [6.07, 6.45) is 7.93. The molecular weight excluding hydrogens is 1170 g/mol. The Morgan fingerprint density at radius 2 is 1.34 bits per heavy atom. The number of fused-ring (bicyclic) bond motifs is 1. The molecule has 0 saturated heterocycles. The van der Waals surface area contributed by atoms with Crippen molar-refractivity contribution in [3.05, 3.63) is 104 Å². The maximum absolute atomic E-state index is 14.4. The third-order valence-corrected chi connectivity index (χ3v) is 13.4. The van der Waals surface area contributed by atoms with Crippen LogP contribution < -0.4 is 9.47 Å². The Hall–Kier alpha value is -2.16. The second kappa shape index (κ2) is 16.1. The molecule has 6 atom stereocenters. The van der Waals surface area contributed by atoms with Crippen molar-refractivity contribution in [2.75, 3.05) is 19.8 Å². The number of esters is 3. The number of benzene rings is 3. The number of aromatic hydroxyl groups is 1. The first kappa shape index (κ1) is 40.5. The van der Waals surface area contributed by atoms with Crippen LogP contribution in [-0.4, -0.2) is 61.1 Å². The summed E-state index contributed by atoms with van der Waals surface area (Å²) in [5.74, 6) is -4.96. The average Bonchev–Trinajstić information content (AvgIpc) is 3.11. The van der Waals surface area contributed by atoms with Crippen molar-refractivity contribution in [1.29, 1.82) is 0 Å². The number of phenolic OH excluding ortho intramolecular Hbond substituents is 1. The fourth-order valence-electron chi connectivity index (χ4n) is 7.06. The lowest BCUT2D eigenvalue weighted by atomic mass is 9.48. The van der Waals surface area contributed by atoms with Gasteiger partial charge in [-0.3, -0.25) is 14.1 Å². The summed E-state index contributed by atoms with van der Waals surface area (Å²) in [4.78, 5) is 41.1. The zero-order valence-electron chi connectivity index (χ0n) is 26.8. The number of rotatable bonds is 11. The zero-order chi connectivity index (χ0) is 38.4. The number of halogens is 6. The number of hydrogen-bond donors (Lipinski definition) is 2. The highest BCUT2D eigenvalue weighted by Gasteiger charge is 2.61. The highest BCUT2D eigenvalue weighted by Crippen LogP contribution is 2.62. The molecule has 0 amide bonds. The van der Waals surface area contributed by atoms with Gasteiger partial charge in [0.25, 0.3) is 0 Å². The maximum atomic E-state index is 14.4. The lowest BCUT2D eigenvalue weighted by Gasteiger charge is -2.54. The molecule has 1 fully saturated rings. The standard InChI is InChI=1S/C35H26F2I4O11S/c36-35(37,53(46,47)48)15-51-32(43)16-11-23(40)31(24(41)12-16)52-34(45)30-28-19-7-3-1-5-17(19)27(18-6-2-4-8-20(18)28)29(30)33(44)50-10-9-49-26-14-21(38)25(42)13-22(26)39/h1-8,11-14,17,19,27-30,42H,9-10,15H2,(H,46,47,48). The molecule has 18 heteroatoms.